The van der Waals surface area contributed by atoms with Crippen LogP contribution in [0.3, 0.4) is 0 Å². The first-order valence-electron chi connectivity index (χ1n) is 2.83. The van der Waals surface area contributed by atoms with Gasteiger partial charge in [0.2, 0.25) is 0 Å². The molecule has 10 heavy (non-hydrogen) atoms. The highest BCUT2D eigenvalue weighted by atomic mass is 32.1. The molecule has 0 aliphatic rings. The second-order valence-corrected chi connectivity index (χ2v) is 2.74. The lowest BCUT2D eigenvalue weighted by Crippen LogP contribution is -1.82. The first-order chi connectivity index (χ1) is 4.88. The summed E-state index contributed by atoms with van der Waals surface area (Å²) < 4.78 is 5.02. The van der Waals surface area contributed by atoms with E-state index in [0.717, 1.165) is 10.1 Å². The number of pyridine rings is 1. The molecule has 2 heterocycles. The Morgan fingerprint density at radius 3 is 3.20 bits per heavy atom. The maximum Gasteiger partial charge on any atom is 0.145 e. The Morgan fingerprint density at radius 2 is 2.40 bits per heavy atom. The number of nitrogens with two attached hydrogens (primary N) is 1. The van der Waals surface area contributed by atoms with Crippen LogP contribution in [0.25, 0.3) is 10.1 Å². The minimum absolute atomic E-state index is 0.599. The fraction of sp³-hybridized carbons (Fsp3) is 0. The van der Waals surface area contributed by atoms with Gasteiger partial charge < -0.3 is 5.73 Å². The third-order valence-electron chi connectivity index (χ3n) is 1.30. The van der Waals surface area contributed by atoms with Crippen LogP contribution >= 0.6 is 11.5 Å². The standard InChI is InChI=1S/C6H5N3S/c7-6-4-1-2-8-3-5(4)10-9-6/h1-3H,(H2,7,9). The lowest BCUT2D eigenvalue weighted by atomic mass is 10.3. The number of nitrogens with zero attached hydrogens (tertiary/aromatic N) is 2. The molecule has 50 valence electrons. The van der Waals surface area contributed by atoms with Crippen molar-refractivity contribution in [3.05, 3.63) is 18.5 Å². The van der Waals surface area contributed by atoms with Crippen molar-refractivity contribution in [2.24, 2.45) is 0 Å². The third-order valence-corrected chi connectivity index (χ3v) is 2.11. The van der Waals surface area contributed by atoms with Crippen LogP contribution in [0.5, 0.6) is 0 Å². The second-order valence-electron chi connectivity index (χ2n) is 1.94. The van der Waals surface area contributed by atoms with Gasteiger partial charge in [-0.05, 0) is 17.6 Å². The summed E-state index contributed by atoms with van der Waals surface area (Å²) in [5, 5.41) is 1.00. The largest absolute Gasteiger partial charge is 0.382 e. The predicted molar refractivity (Wildman–Crippen MR) is 41.8 cm³/mol. The molecule has 2 aromatic rings. The van der Waals surface area contributed by atoms with E-state index in [9.17, 15) is 0 Å². The van der Waals surface area contributed by atoms with E-state index in [0.29, 0.717) is 5.82 Å². The minimum atomic E-state index is 0.599. The average Bonchev–Trinajstić information content (AvgIpc) is 2.34. The summed E-state index contributed by atoms with van der Waals surface area (Å²) in [6.45, 7) is 0. The summed E-state index contributed by atoms with van der Waals surface area (Å²) in [4.78, 5) is 3.94. The van der Waals surface area contributed by atoms with Crippen molar-refractivity contribution in [1.29, 1.82) is 0 Å². The molecule has 0 unspecified atom stereocenters. The zero-order valence-corrected chi connectivity index (χ0v) is 5.93. The fourth-order valence-corrected chi connectivity index (χ4v) is 1.49. The monoisotopic (exact) mass is 151 g/mol. The van der Waals surface area contributed by atoms with Crippen molar-refractivity contribution in [1.82, 2.24) is 9.36 Å². The van der Waals surface area contributed by atoms with E-state index < -0.39 is 0 Å². The molecule has 0 aromatic carbocycles. The van der Waals surface area contributed by atoms with E-state index in [2.05, 4.69) is 9.36 Å². The summed E-state index contributed by atoms with van der Waals surface area (Å²) in [6.07, 6.45) is 3.48. The normalized spacial score (nSPS) is 10.4. The lowest BCUT2D eigenvalue weighted by Gasteiger charge is -1.84. The number of nitrogen functional groups attached to an aromatic ring is 1. The number of rotatable bonds is 0. The van der Waals surface area contributed by atoms with Crippen LogP contribution < -0.4 is 5.73 Å². The van der Waals surface area contributed by atoms with Crippen LogP contribution in [0.4, 0.5) is 5.82 Å². The van der Waals surface area contributed by atoms with Crippen LogP contribution in [0.2, 0.25) is 0 Å². The molecule has 0 saturated heterocycles. The van der Waals surface area contributed by atoms with Gasteiger partial charge in [-0.2, -0.15) is 4.37 Å². The lowest BCUT2D eigenvalue weighted by molar-refractivity contribution is 1.37. The molecule has 0 bridgehead atoms. The van der Waals surface area contributed by atoms with Crippen molar-refractivity contribution in [2.75, 3.05) is 5.73 Å². The Labute approximate surface area is 61.7 Å². The number of fused-ring (bicyclic) bond motifs is 1. The number of anilines is 1. The van der Waals surface area contributed by atoms with E-state index in [4.69, 9.17) is 5.73 Å². The molecule has 0 radical (unpaired) electrons. The zero-order valence-electron chi connectivity index (χ0n) is 5.11. The summed E-state index contributed by atoms with van der Waals surface area (Å²) in [6, 6.07) is 1.87. The van der Waals surface area contributed by atoms with Gasteiger partial charge in [-0.15, -0.1) is 0 Å². The molecule has 0 saturated carbocycles. The molecular weight excluding hydrogens is 146 g/mol. The Bertz CT molecular complexity index is 355. The average molecular weight is 151 g/mol. The Hall–Kier alpha value is -1.16. The van der Waals surface area contributed by atoms with E-state index in [1.807, 2.05) is 6.07 Å². The molecule has 0 atom stereocenters. The molecule has 3 nitrogen and oxygen atoms in total. The molecule has 0 fully saturated rings. The highest BCUT2D eigenvalue weighted by molar-refractivity contribution is 7.13. The van der Waals surface area contributed by atoms with Gasteiger partial charge in [0.05, 0.1) is 4.70 Å². The molecule has 0 aliphatic heterocycles. The zero-order chi connectivity index (χ0) is 6.97. The second kappa shape index (κ2) is 1.91. The third kappa shape index (κ3) is 0.657. The van der Waals surface area contributed by atoms with Crippen LogP contribution in [0.1, 0.15) is 0 Å². The van der Waals surface area contributed by atoms with Crippen molar-refractivity contribution in [2.45, 2.75) is 0 Å². The molecule has 2 N–H and O–H groups in total. The van der Waals surface area contributed by atoms with Gasteiger partial charge in [-0.25, -0.2) is 0 Å². The SMILES string of the molecule is Nc1nsc2cnccc12. The maximum atomic E-state index is 5.55. The van der Waals surface area contributed by atoms with E-state index in [1.54, 1.807) is 12.4 Å². The predicted octanol–water partition coefficient (Wildman–Crippen LogP) is 1.27. The minimum Gasteiger partial charge on any atom is -0.382 e. The Morgan fingerprint density at radius 1 is 1.50 bits per heavy atom. The quantitative estimate of drug-likeness (QED) is 0.617. The van der Waals surface area contributed by atoms with Crippen molar-refractivity contribution >= 4 is 27.4 Å². The Kier molecular flexibility index (Phi) is 1.07. The van der Waals surface area contributed by atoms with Gasteiger partial charge in [0, 0.05) is 17.8 Å². The van der Waals surface area contributed by atoms with Gasteiger partial charge in [-0.1, -0.05) is 0 Å². The highest BCUT2D eigenvalue weighted by Crippen LogP contribution is 2.21. The van der Waals surface area contributed by atoms with Gasteiger partial charge in [0.15, 0.2) is 0 Å². The van der Waals surface area contributed by atoms with Gasteiger partial charge >= 0.3 is 0 Å². The molecule has 0 spiro atoms. The smallest absolute Gasteiger partial charge is 0.145 e. The molecule has 2 aromatic heterocycles. The van der Waals surface area contributed by atoms with Crippen LogP contribution in [0.15, 0.2) is 18.5 Å². The summed E-state index contributed by atoms with van der Waals surface area (Å²) >= 11 is 1.38. The van der Waals surface area contributed by atoms with Gasteiger partial charge in [0.25, 0.3) is 0 Å². The van der Waals surface area contributed by atoms with Crippen molar-refractivity contribution in [3.8, 4) is 0 Å². The molecular formula is C6H5N3S. The van der Waals surface area contributed by atoms with Crippen LogP contribution in [-0.4, -0.2) is 9.36 Å². The number of aromatic nitrogens is 2. The molecule has 0 amide bonds. The Balaban J connectivity index is 2.93. The summed E-state index contributed by atoms with van der Waals surface area (Å²) in [5.41, 5.74) is 5.55. The first-order valence-corrected chi connectivity index (χ1v) is 3.60. The highest BCUT2D eigenvalue weighted by Gasteiger charge is 1.98. The van der Waals surface area contributed by atoms with Crippen molar-refractivity contribution < 1.29 is 0 Å². The topological polar surface area (TPSA) is 51.8 Å². The van der Waals surface area contributed by atoms with Gasteiger partial charge in [-0.3, -0.25) is 4.98 Å². The van der Waals surface area contributed by atoms with E-state index in [1.165, 1.54) is 11.5 Å². The number of hydrogen-bond donors (Lipinski definition) is 1. The summed E-state index contributed by atoms with van der Waals surface area (Å²) in [5.74, 6) is 0.599. The number of hydrogen-bond acceptors (Lipinski definition) is 4. The first kappa shape index (κ1) is 5.61. The molecule has 4 heteroatoms. The molecule has 0 aliphatic carbocycles. The van der Waals surface area contributed by atoms with Crippen molar-refractivity contribution in [3.63, 3.8) is 0 Å². The van der Waals surface area contributed by atoms with Crippen LogP contribution in [0, 0.1) is 0 Å². The fourth-order valence-electron chi connectivity index (χ4n) is 0.812. The maximum absolute atomic E-state index is 5.55. The van der Waals surface area contributed by atoms with Gasteiger partial charge in [0.1, 0.15) is 5.82 Å². The van der Waals surface area contributed by atoms with Crippen LogP contribution in [-0.2, 0) is 0 Å². The van der Waals surface area contributed by atoms with E-state index in [-0.39, 0.29) is 0 Å². The summed E-state index contributed by atoms with van der Waals surface area (Å²) in [7, 11) is 0. The van der Waals surface area contributed by atoms with E-state index >= 15 is 0 Å². The molecule has 2 rings (SSSR count).